The Morgan fingerprint density at radius 3 is 1.94 bits per heavy atom. The van der Waals surface area contributed by atoms with Crippen molar-refractivity contribution in [3.63, 3.8) is 0 Å². The van der Waals surface area contributed by atoms with E-state index in [1.807, 2.05) is 38.1 Å². The van der Waals surface area contributed by atoms with E-state index in [-0.39, 0.29) is 23.7 Å². The molecule has 0 bridgehead atoms. The molecule has 12 nitrogen and oxygen atoms in total. The van der Waals surface area contributed by atoms with E-state index >= 15 is 0 Å². The summed E-state index contributed by atoms with van der Waals surface area (Å²) in [6, 6.07) is 5.70. The molecule has 0 saturated carbocycles. The Balaban J connectivity index is 1.35. The number of carbonyl (C=O) groups is 2. The standard InChI is InChI=1S/C38H48Cl2N8O4/c1-9-26(33(39)23(2)29-17-41-31(35(43-29)51-7)21-47-15-13-24(19-47)37(49)45(3)4)27-11-10-12-28(34(27)40)30-18-42-32(36(44-30)52-8)22-48-16-14-25(20-48)38(50)46(5)6/h9-12,17-18,24-25H,13-16,19-22H2,1-8H3/b26-9-,33-23-. The van der Waals surface area contributed by atoms with Crippen molar-refractivity contribution in [2.75, 3.05) is 68.6 Å². The summed E-state index contributed by atoms with van der Waals surface area (Å²) in [5.74, 6) is 1.06. The highest BCUT2D eigenvalue weighted by Gasteiger charge is 2.31. The van der Waals surface area contributed by atoms with Gasteiger partial charge in [-0.3, -0.25) is 29.4 Å². The summed E-state index contributed by atoms with van der Waals surface area (Å²) in [7, 11) is 10.3. The SMILES string of the molecule is C/C=C(\C(Cl)=C(/C)c1cnc(CN2CCC(C(=O)N(C)C)C2)c(OC)n1)c1cccc(-c2cnc(CN3CCC(C(=O)N(C)C)C3)c(OC)n2)c1Cl. The van der Waals surface area contributed by atoms with Crippen LogP contribution in [0.15, 0.2) is 41.7 Å². The fourth-order valence-corrected chi connectivity index (χ4v) is 7.44. The number of halogens is 2. The Bertz CT molecular complexity index is 1860. The molecule has 2 atom stereocenters. The molecule has 52 heavy (non-hydrogen) atoms. The molecule has 2 unspecified atom stereocenters. The Labute approximate surface area is 316 Å². The van der Waals surface area contributed by atoms with Crippen LogP contribution < -0.4 is 9.47 Å². The van der Waals surface area contributed by atoms with Gasteiger partial charge in [-0.1, -0.05) is 47.5 Å². The number of carbonyl (C=O) groups excluding carboxylic acids is 2. The van der Waals surface area contributed by atoms with Gasteiger partial charge in [-0.25, -0.2) is 9.97 Å². The van der Waals surface area contributed by atoms with Crippen molar-refractivity contribution in [3.05, 3.63) is 69.4 Å². The predicted molar refractivity (Wildman–Crippen MR) is 204 cm³/mol. The number of amides is 2. The van der Waals surface area contributed by atoms with Crippen LogP contribution in [0.1, 0.15) is 49.3 Å². The maximum atomic E-state index is 12.5. The first kappa shape index (κ1) is 39.1. The third-order valence-corrected chi connectivity index (χ3v) is 10.6. The minimum Gasteiger partial charge on any atom is -0.480 e. The topological polar surface area (TPSA) is 117 Å². The zero-order chi connectivity index (χ0) is 37.7. The van der Waals surface area contributed by atoms with Crippen LogP contribution in [0.4, 0.5) is 0 Å². The first-order valence-corrected chi connectivity index (χ1v) is 18.1. The van der Waals surface area contributed by atoms with Crippen LogP contribution in [0, 0.1) is 11.8 Å². The molecule has 2 fully saturated rings. The number of nitrogens with zero attached hydrogens (tertiary/aromatic N) is 8. The molecule has 4 heterocycles. The van der Waals surface area contributed by atoms with E-state index in [1.54, 1.807) is 64.6 Å². The third-order valence-electron chi connectivity index (χ3n) is 9.68. The van der Waals surface area contributed by atoms with Crippen molar-refractivity contribution in [2.24, 2.45) is 11.8 Å². The molecule has 1 aromatic carbocycles. The van der Waals surface area contributed by atoms with E-state index in [2.05, 4.69) is 9.80 Å². The number of aromatic nitrogens is 4. The maximum absolute atomic E-state index is 12.5. The first-order valence-electron chi connectivity index (χ1n) is 17.4. The third kappa shape index (κ3) is 8.57. The van der Waals surface area contributed by atoms with Crippen molar-refractivity contribution < 1.29 is 19.1 Å². The molecule has 2 aliphatic heterocycles. The molecule has 0 aliphatic carbocycles. The first-order chi connectivity index (χ1) is 24.9. The van der Waals surface area contributed by atoms with E-state index in [0.717, 1.165) is 37.1 Å². The number of rotatable bonds is 12. The monoisotopic (exact) mass is 750 g/mol. The van der Waals surface area contributed by atoms with Gasteiger partial charge in [-0.05, 0) is 50.9 Å². The number of methoxy groups -OCH3 is 2. The molecule has 2 amide bonds. The van der Waals surface area contributed by atoms with E-state index in [9.17, 15) is 9.59 Å². The predicted octanol–water partition coefficient (Wildman–Crippen LogP) is 5.50. The van der Waals surface area contributed by atoms with Crippen LogP contribution in [0.2, 0.25) is 5.02 Å². The average molecular weight is 752 g/mol. The van der Waals surface area contributed by atoms with Crippen molar-refractivity contribution in [2.45, 2.75) is 39.8 Å². The maximum Gasteiger partial charge on any atom is 0.237 e. The van der Waals surface area contributed by atoms with Crippen molar-refractivity contribution in [1.82, 2.24) is 39.5 Å². The minimum atomic E-state index is -0.0242. The van der Waals surface area contributed by atoms with Gasteiger partial charge in [0, 0.05) is 65.5 Å². The second-order valence-electron chi connectivity index (χ2n) is 13.6. The van der Waals surface area contributed by atoms with Gasteiger partial charge in [0.05, 0.1) is 59.9 Å². The molecular formula is C38H48Cl2N8O4. The lowest BCUT2D eigenvalue weighted by molar-refractivity contribution is -0.133. The van der Waals surface area contributed by atoms with Gasteiger partial charge in [-0.2, -0.15) is 0 Å². The fraction of sp³-hybridized carbons (Fsp3) is 0.474. The molecule has 278 valence electrons. The number of allylic oxidation sites excluding steroid dienone is 4. The van der Waals surface area contributed by atoms with E-state index < -0.39 is 0 Å². The molecule has 0 spiro atoms. The molecule has 2 aliphatic rings. The van der Waals surface area contributed by atoms with Crippen molar-refractivity contribution in [3.8, 4) is 23.0 Å². The Kier molecular flexibility index (Phi) is 12.9. The summed E-state index contributed by atoms with van der Waals surface area (Å²) in [6.45, 7) is 7.77. The highest BCUT2D eigenvalue weighted by molar-refractivity contribution is 6.42. The summed E-state index contributed by atoms with van der Waals surface area (Å²) in [5, 5.41) is 0.928. The highest BCUT2D eigenvalue weighted by Crippen LogP contribution is 2.40. The van der Waals surface area contributed by atoms with Crippen LogP contribution >= 0.6 is 23.2 Å². The molecule has 2 saturated heterocycles. The van der Waals surface area contributed by atoms with Gasteiger partial charge in [-0.15, -0.1) is 0 Å². The smallest absolute Gasteiger partial charge is 0.237 e. The number of benzene rings is 1. The van der Waals surface area contributed by atoms with Gasteiger partial charge >= 0.3 is 0 Å². The van der Waals surface area contributed by atoms with Gasteiger partial charge < -0.3 is 19.3 Å². The van der Waals surface area contributed by atoms with Crippen LogP contribution in [0.25, 0.3) is 22.4 Å². The van der Waals surface area contributed by atoms with Gasteiger partial charge in [0.15, 0.2) is 0 Å². The zero-order valence-electron chi connectivity index (χ0n) is 31.2. The van der Waals surface area contributed by atoms with Gasteiger partial charge in [0.1, 0.15) is 11.4 Å². The highest BCUT2D eigenvalue weighted by atomic mass is 35.5. The summed E-state index contributed by atoms with van der Waals surface area (Å²) in [5.41, 5.74) is 5.34. The summed E-state index contributed by atoms with van der Waals surface area (Å²) in [4.78, 5) is 51.7. The molecule has 0 radical (unpaired) electrons. The van der Waals surface area contributed by atoms with Gasteiger partial charge in [0.2, 0.25) is 23.6 Å². The lowest BCUT2D eigenvalue weighted by Crippen LogP contribution is -2.31. The number of ether oxygens (including phenoxy) is 2. The van der Waals surface area contributed by atoms with E-state index in [0.29, 0.717) is 81.9 Å². The Morgan fingerprint density at radius 1 is 0.885 bits per heavy atom. The lowest BCUT2D eigenvalue weighted by atomic mass is 9.98. The largest absolute Gasteiger partial charge is 0.480 e. The van der Waals surface area contributed by atoms with Crippen molar-refractivity contribution >= 4 is 46.2 Å². The van der Waals surface area contributed by atoms with E-state index in [1.165, 1.54) is 0 Å². The number of hydrogen-bond acceptors (Lipinski definition) is 10. The zero-order valence-corrected chi connectivity index (χ0v) is 32.8. The molecular weight excluding hydrogens is 703 g/mol. The lowest BCUT2D eigenvalue weighted by Gasteiger charge is -2.19. The summed E-state index contributed by atoms with van der Waals surface area (Å²) in [6.07, 6.45) is 6.93. The van der Waals surface area contributed by atoms with Crippen LogP contribution in [0.3, 0.4) is 0 Å². The molecule has 3 aromatic rings. The van der Waals surface area contributed by atoms with Gasteiger partial charge in [0.25, 0.3) is 0 Å². The molecule has 5 rings (SSSR count). The van der Waals surface area contributed by atoms with Crippen LogP contribution in [-0.4, -0.2) is 120 Å². The second-order valence-corrected chi connectivity index (χ2v) is 14.4. The fourth-order valence-electron chi connectivity index (χ4n) is 6.81. The molecule has 0 N–H and O–H groups in total. The number of hydrogen-bond donors (Lipinski definition) is 0. The van der Waals surface area contributed by atoms with Crippen LogP contribution in [-0.2, 0) is 22.7 Å². The second kappa shape index (κ2) is 17.2. The van der Waals surface area contributed by atoms with E-state index in [4.69, 9.17) is 52.6 Å². The average Bonchev–Trinajstić information content (AvgIpc) is 3.81. The Morgan fingerprint density at radius 2 is 1.42 bits per heavy atom. The summed E-state index contributed by atoms with van der Waals surface area (Å²) < 4.78 is 11.3. The molecule has 14 heteroatoms. The minimum absolute atomic E-state index is 0.0227. The normalized spacial score (nSPS) is 18.7. The number of likely N-dealkylation sites (tertiary alicyclic amines) is 2. The van der Waals surface area contributed by atoms with Crippen molar-refractivity contribution in [1.29, 1.82) is 0 Å². The molecule has 2 aromatic heterocycles. The Hall–Kier alpha value is -4.10. The quantitative estimate of drug-likeness (QED) is 0.220. The summed E-state index contributed by atoms with van der Waals surface area (Å²) >= 11 is 14.2. The van der Waals surface area contributed by atoms with Crippen LogP contribution in [0.5, 0.6) is 11.8 Å².